The Morgan fingerprint density at radius 2 is 1.88 bits per heavy atom. The van der Waals surface area contributed by atoms with Gasteiger partial charge in [0, 0.05) is 25.1 Å². The first-order valence-corrected chi connectivity index (χ1v) is 8.27. The van der Waals surface area contributed by atoms with Gasteiger partial charge in [0.25, 0.3) is 0 Å². The van der Waals surface area contributed by atoms with Gasteiger partial charge in [-0.15, -0.1) is 0 Å². The van der Waals surface area contributed by atoms with Gasteiger partial charge in [0.15, 0.2) is 0 Å². The fraction of sp³-hybridized carbons (Fsp3) is 0.389. The molecule has 1 amide bonds. The average molecular weight is 364 g/mol. The smallest absolute Gasteiger partial charge is 0.418 e. The Morgan fingerprint density at radius 3 is 2.50 bits per heavy atom. The fourth-order valence-corrected chi connectivity index (χ4v) is 2.66. The third-order valence-corrected chi connectivity index (χ3v) is 3.76. The van der Waals surface area contributed by atoms with Crippen LogP contribution in [0.3, 0.4) is 0 Å². The van der Waals surface area contributed by atoms with E-state index in [1.54, 1.807) is 13.8 Å². The molecule has 1 aromatic heterocycles. The van der Waals surface area contributed by atoms with E-state index >= 15 is 0 Å². The minimum absolute atomic E-state index is 0.0351. The topological polar surface area (TPSA) is 86.6 Å². The maximum Gasteiger partial charge on any atom is 0.418 e. The third-order valence-electron chi connectivity index (χ3n) is 3.76. The summed E-state index contributed by atoms with van der Waals surface area (Å²) in [5, 5.41) is 2.94. The molecule has 0 spiro atoms. The number of hydrogen-bond donors (Lipinski definition) is 1. The first kappa shape index (κ1) is 19.4. The molecule has 1 heterocycles. The van der Waals surface area contributed by atoms with Gasteiger partial charge in [-0.3, -0.25) is 14.2 Å². The molecule has 7 nitrogen and oxygen atoms in total. The number of esters is 1. The van der Waals surface area contributed by atoms with Crippen molar-refractivity contribution in [2.75, 3.05) is 19.8 Å². The van der Waals surface area contributed by atoms with E-state index < -0.39 is 23.8 Å². The van der Waals surface area contributed by atoms with E-state index in [0.29, 0.717) is 16.5 Å². The van der Waals surface area contributed by atoms with Gasteiger partial charge >= 0.3 is 12.1 Å². The van der Waals surface area contributed by atoms with Gasteiger partial charge in [-0.25, -0.2) is 9.18 Å². The van der Waals surface area contributed by atoms with Crippen molar-refractivity contribution < 1.29 is 28.2 Å². The molecule has 1 aromatic carbocycles. The lowest BCUT2D eigenvalue weighted by molar-refractivity contribution is -0.144. The van der Waals surface area contributed by atoms with Crippen molar-refractivity contribution in [1.29, 1.82) is 0 Å². The largest absolute Gasteiger partial charge is 0.465 e. The van der Waals surface area contributed by atoms with Gasteiger partial charge in [0.2, 0.25) is 5.91 Å². The molecule has 2 aromatic rings. The highest BCUT2D eigenvalue weighted by Gasteiger charge is 2.28. The normalized spacial score (nSPS) is 11.8. The van der Waals surface area contributed by atoms with E-state index in [9.17, 15) is 18.8 Å². The Labute approximate surface area is 150 Å². The Bertz CT molecular complexity index is 830. The summed E-state index contributed by atoms with van der Waals surface area (Å²) < 4.78 is 25.1. The van der Waals surface area contributed by atoms with Crippen LogP contribution in [0.15, 0.2) is 24.4 Å². The average Bonchev–Trinajstić information content (AvgIpc) is 2.94. The molecular weight excluding hydrogens is 343 g/mol. The van der Waals surface area contributed by atoms with E-state index in [4.69, 9.17) is 9.47 Å². The molecule has 1 N–H and O–H groups in total. The van der Waals surface area contributed by atoms with Crippen molar-refractivity contribution in [2.24, 2.45) is 0 Å². The van der Waals surface area contributed by atoms with Crippen LogP contribution >= 0.6 is 0 Å². The predicted molar refractivity (Wildman–Crippen MR) is 92.4 cm³/mol. The number of ether oxygens (including phenoxy) is 2. The molecular formula is C18H21FN2O5. The van der Waals surface area contributed by atoms with Gasteiger partial charge in [0.1, 0.15) is 11.7 Å². The summed E-state index contributed by atoms with van der Waals surface area (Å²) in [6, 6.07) is 3.89. The van der Waals surface area contributed by atoms with Crippen molar-refractivity contribution in [1.82, 2.24) is 9.88 Å². The number of hydrogen-bond acceptors (Lipinski definition) is 5. The van der Waals surface area contributed by atoms with Crippen LogP contribution in [0.4, 0.5) is 9.18 Å². The number of nitrogens with one attached hydrogen (secondary N) is 1. The van der Waals surface area contributed by atoms with Gasteiger partial charge in [-0.1, -0.05) is 0 Å². The zero-order valence-corrected chi connectivity index (χ0v) is 14.9. The summed E-state index contributed by atoms with van der Waals surface area (Å²) in [7, 11) is 0. The Hall–Kier alpha value is -2.90. The van der Waals surface area contributed by atoms with E-state index in [1.807, 2.05) is 0 Å². The van der Waals surface area contributed by atoms with Crippen LogP contribution in [0.25, 0.3) is 10.9 Å². The van der Waals surface area contributed by atoms with Gasteiger partial charge in [-0.05, 0) is 37.6 Å². The number of amides is 1. The lowest BCUT2D eigenvalue weighted by Crippen LogP contribution is -2.31. The Balaban J connectivity index is 2.58. The first-order valence-electron chi connectivity index (χ1n) is 8.27. The molecule has 0 bridgehead atoms. The van der Waals surface area contributed by atoms with Crippen molar-refractivity contribution in [2.45, 2.75) is 26.7 Å². The molecule has 0 aliphatic heterocycles. The van der Waals surface area contributed by atoms with Gasteiger partial charge < -0.3 is 14.8 Å². The monoisotopic (exact) mass is 364 g/mol. The number of nitrogens with zero attached hydrogens (tertiary/aromatic N) is 1. The maximum atomic E-state index is 13.8. The number of rotatable bonds is 6. The summed E-state index contributed by atoms with van der Waals surface area (Å²) in [6.07, 6.45) is 0.781. The molecule has 0 fully saturated rings. The van der Waals surface area contributed by atoms with Crippen LogP contribution in [0.5, 0.6) is 0 Å². The Morgan fingerprint density at radius 1 is 1.19 bits per heavy atom. The van der Waals surface area contributed by atoms with Gasteiger partial charge in [-0.2, -0.15) is 0 Å². The minimum atomic E-state index is -0.890. The molecule has 0 aliphatic carbocycles. The van der Waals surface area contributed by atoms with Crippen molar-refractivity contribution in [3.05, 3.63) is 35.8 Å². The van der Waals surface area contributed by atoms with Crippen LogP contribution in [0.1, 0.15) is 32.3 Å². The summed E-state index contributed by atoms with van der Waals surface area (Å²) in [5.74, 6) is -2.30. The van der Waals surface area contributed by atoms with Crippen LogP contribution in [-0.4, -0.2) is 42.3 Å². The minimum Gasteiger partial charge on any atom is -0.465 e. The second kappa shape index (κ2) is 8.46. The number of benzene rings is 1. The van der Waals surface area contributed by atoms with Crippen molar-refractivity contribution in [3.63, 3.8) is 0 Å². The first-order chi connectivity index (χ1) is 12.4. The van der Waals surface area contributed by atoms with Crippen molar-refractivity contribution in [3.8, 4) is 0 Å². The fourth-order valence-electron chi connectivity index (χ4n) is 2.66. The summed E-state index contributed by atoms with van der Waals surface area (Å²) in [5.41, 5.74) is 0.775. The van der Waals surface area contributed by atoms with E-state index in [2.05, 4.69) is 5.32 Å². The van der Waals surface area contributed by atoms with Crippen LogP contribution < -0.4 is 5.32 Å². The molecule has 0 saturated carbocycles. The lowest BCUT2D eigenvalue weighted by atomic mass is 9.98. The summed E-state index contributed by atoms with van der Waals surface area (Å²) >= 11 is 0. The second-order valence-corrected chi connectivity index (χ2v) is 5.56. The van der Waals surface area contributed by atoms with Crippen LogP contribution in [-0.2, 0) is 19.1 Å². The Kier molecular flexibility index (Phi) is 6.32. The van der Waals surface area contributed by atoms with E-state index in [1.165, 1.54) is 35.9 Å². The maximum absolute atomic E-state index is 13.8. The molecule has 0 aliphatic rings. The number of fused-ring (bicyclic) bond motifs is 1. The molecule has 1 unspecified atom stereocenters. The van der Waals surface area contributed by atoms with Crippen LogP contribution in [0, 0.1) is 5.82 Å². The SMILES string of the molecule is CCOC(=O)C(CNC(C)=O)c1cn(C(=O)OCC)c2ccc(F)cc12. The number of aromatic nitrogens is 1. The number of carbonyl (C=O) groups is 3. The quantitative estimate of drug-likeness (QED) is 0.796. The molecule has 140 valence electrons. The molecule has 8 heteroatoms. The van der Waals surface area contributed by atoms with Crippen LogP contribution in [0.2, 0.25) is 0 Å². The third kappa shape index (κ3) is 4.19. The second-order valence-electron chi connectivity index (χ2n) is 5.56. The summed E-state index contributed by atoms with van der Waals surface area (Å²) in [4.78, 5) is 35.9. The van der Waals surface area contributed by atoms with Gasteiger partial charge in [0.05, 0.1) is 18.7 Å². The summed E-state index contributed by atoms with van der Waals surface area (Å²) in [6.45, 7) is 4.94. The number of carbonyl (C=O) groups excluding carboxylic acids is 3. The number of halogens is 1. The highest BCUT2D eigenvalue weighted by atomic mass is 19.1. The zero-order chi connectivity index (χ0) is 19.3. The van der Waals surface area contributed by atoms with Crippen molar-refractivity contribution >= 4 is 28.9 Å². The molecule has 0 radical (unpaired) electrons. The lowest BCUT2D eigenvalue weighted by Gasteiger charge is -2.15. The molecule has 2 rings (SSSR count). The van der Waals surface area contributed by atoms with E-state index in [-0.39, 0.29) is 25.7 Å². The molecule has 26 heavy (non-hydrogen) atoms. The highest BCUT2D eigenvalue weighted by Crippen LogP contribution is 2.29. The van der Waals surface area contributed by atoms with E-state index in [0.717, 1.165) is 0 Å². The zero-order valence-electron chi connectivity index (χ0n) is 14.9. The molecule has 0 saturated heterocycles. The highest BCUT2D eigenvalue weighted by molar-refractivity contribution is 5.95. The molecule has 1 atom stereocenters. The standard InChI is InChI=1S/C18H21FN2O5/c1-4-25-17(23)14(9-20-11(3)22)15-10-21(18(24)26-5-2)16-7-6-12(19)8-13(15)16/h6-8,10,14H,4-5,9H2,1-3H3,(H,20,22). The predicted octanol–water partition coefficient (Wildman–Crippen LogP) is 2.57.